The van der Waals surface area contributed by atoms with E-state index < -0.39 is 14.8 Å². The Morgan fingerprint density at radius 3 is 2.54 bits per heavy atom. The van der Waals surface area contributed by atoms with Gasteiger partial charge in [-0.25, -0.2) is 8.42 Å². The van der Waals surface area contributed by atoms with Gasteiger partial charge in [0.05, 0.1) is 16.4 Å². The molecule has 3 aromatic rings. The van der Waals surface area contributed by atoms with E-state index in [1.54, 1.807) is 6.07 Å². The number of benzene rings is 2. The molecule has 8 nitrogen and oxygen atoms in total. The van der Waals surface area contributed by atoms with Crippen molar-refractivity contribution in [2.75, 3.05) is 11.6 Å². The first-order chi connectivity index (χ1) is 12.3. The molecule has 1 aromatic heterocycles. The van der Waals surface area contributed by atoms with Crippen LogP contribution in [0.3, 0.4) is 0 Å². The summed E-state index contributed by atoms with van der Waals surface area (Å²) >= 11 is 0. The van der Waals surface area contributed by atoms with Crippen molar-refractivity contribution >= 4 is 21.2 Å². The molecule has 0 atom stereocenters. The summed E-state index contributed by atoms with van der Waals surface area (Å²) in [6.45, 7) is 0.190. The fourth-order valence-electron chi connectivity index (χ4n) is 2.36. The zero-order valence-corrected chi connectivity index (χ0v) is 14.6. The second-order valence-corrected chi connectivity index (χ2v) is 7.63. The first-order valence-electron chi connectivity index (χ1n) is 7.58. The summed E-state index contributed by atoms with van der Waals surface area (Å²) < 4.78 is 28.4. The van der Waals surface area contributed by atoms with Gasteiger partial charge in [0.15, 0.2) is 15.6 Å². The van der Waals surface area contributed by atoms with E-state index in [1.165, 1.54) is 12.1 Å². The van der Waals surface area contributed by atoms with Gasteiger partial charge in [-0.05, 0) is 12.1 Å². The molecule has 0 amide bonds. The van der Waals surface area contributed by atoms with Gasteiger partial charge in [-0.2, -0.15) is 0 Å². The highest BCUT2D eigenvalue weighted by atomic mass is 32.2. The van der Waals surface area contributed by atoms with Gasteiger partial charge in [-0.1, -0.05) is 35.5 Å². The molecule has 0 bridgehead atoms. The number of rotatable bonds is 6. The second-order valence-electron chi connectivity index (χ2n) is 5.61. The third-order valence-corrected chi connectivity index (χ3v) is 4.78. The first kappa shape index (κ1) is 17.6. The fraction of sp³-hybridized carbons (Fsp3) is 0.118. The van der Waals surface area contributed by atoms with Crippen LogP contribution in [-0.4, -0.2) is 24.8 Å². The SMILES string of the molecule is CS(=O)(=O)c1ccc(NCc2cc(-c3ccccc3)on2)c([N+](=O)[O-])c1. The van der Waals surface area contributed by atoms with Crippen LogP contribution >= 0.6 is 0 Å². The van der Waals surface area contributed by atoms with E-state index >= 15 is 0 Å². The van der Waals surface area contributed by atoms with Gasteiger partial charge in [0, 0.05) is 24.0 Å². The normalized spacial score (nSPS) is 11.3. The molecule has 134 valence electrons. The Bertz CT molecular complexity index is 1050. The van der Waals surface area contributed by atoms with Gasteiger partial charge < -0.3 is 9.84 Å². The lowest BCUT2D eigenvalue weighted by Gasteiger charge is -2.06. The van der Waals surface area contributed by atoms with Gasteiger partial charge in [-0.3, -0.25) is 10.1 Å². The maximum atomic E-state index is 11.6. The molecule has 0 saturated heterocycles. The van der Waals surface area contributed by atoms with Gasteiger partial charge in [-0.15, -0.1) is 0 Å². The Morgan fingerprint density at radius 2 is 1.88 bits per heavy atom. The highest BCUT2D eigenvalue weighted by Crippen LogP contribution is 2.28. The van der Waals surface area contributed by atoms with Crippen LogP contribution in [0.15, 0.2) is 64.0 Å². The van der Waals surface area contributed by atoms with Crippen LogP contribution in [0, 0.1) is 10.1 Å². The Hall–Kier alpha value is -3.20. The van der Waals surface area contributed by atoms with Crippen molar-refractivity contribution in [1.29, 1.82) is 0 Å². The number of hydrogen-bond donors (Lipinski definition) is 1. The van der Waals surface area contributed by atoms with E-state index in [0.717, 1.165) is 17.9 Å². The predicted molar refractivity (Wildman–Crippen MR) is 95.5 cm³/mol. The average molecular weight is 373 g/mol. The standard InChI is InChI=1S/C17H15N3O5S/c1-26(23,24)14-7-8-15(16(10-14)20(21)22)18-11-13-9-17(25-19-13)12-5-3-2-4-6-12/h2-10,18H,11H2,1H3. The van der Waals surface area contributed by atoms with Gasteiger partial charge in [0.25, 0.3) is 5.69 Å². The Balaban J connectivity index is 1.80. The average Bonchev–Trinajstić information content (AvgIpc) is 3.08. The molecule has 0 aliphatic rings. The van der Waals surface area contributed by atoms with Crippen LogP contribution in [0.2, 0.25) is 0 Å². The highest BCUT2D eigenvalue weighted by Gasteiger charge is 2.19. The molecule has 0 aliphatic carbocycles. The van der Waals surface area contributed by atoms with Gasteiger partial charge >= 0.3 is 0 Å². The van der Waals surface area contributed by atoms with E-state index in [-0.39, 0.29) is 22.8 Å². The largest absolute Gasteiger partial charge is 0.374 e. The molecule has 2 aromatic carbocycles. The zero-order valence-electron chi connectivity index (χ0n) is 13.7. The number of anilines is 1. The molecule has 1 N–H and O–H groups in total. The molecular weight excluding hydrogens is 358 g/mol. The highest BCUT2D eigenvalue weighted by molar-refractivity contribution is 7.90. The summed E-state index contributed by atoms with van der Waals surface area (Å²) in [5, 5.41) is 18.1. The lowest BCUT2D eigenvalue weighted by molar-refractivity contribution is -0.384. The predicted octanol–water partition coefficient (Wildman–Crippen LogP) is 3.27. The van der Waals surface area contributed by atoms with E-state index in [2.05, 4.69) is 10.5 Å². The summed E-state index contributed by atoms with van der Waals surface area (Å²) in [7, 11) is -3.53. The van der Waals surface area contributed by atoms with Crippen molar-refractivity contribution in [3.63, 3.8) is 0 Å². The van der Waals surface area contributed by atoms with Gasteiger partial charge in [0.2, 0.25) is 0 Å². The monoisotopic (exact) mass is 373 g/mol. The van der Waals surface area contributed by atoms with Crippen molar-refractivity contribution in [3.8, 4) is 11.3 Å². The van der Waals surface area contributed by atoms with Crippen molar-refractivity contribution in [2.24, 2.45) is 0 Å². The molecule has 1 heterocycles. The number of nitrogens with one attached hydrogen (secondary N) is 1. The van der Waals surface area contributed by atoms with E-state index in [0.29, 0.717) is 11.5 Å². The number of hydrogen-bond acceptors (Lipinski definition) is 7. The second kappa shape index (κ2) is 6.96. The zero-order chi connectivity index (χ0) is 18.7. The number of nitro benzene ring substituents is 1. The van der Waals surface area contributed by atoms with E-state index in [9.17, 15) is 18.5 Å². The molecule has 9 heteroatoms. The molecule has 0 saturated carbocycles. The minimum Gasteiger partial charge on any atom is -0.374 e. The van der Waals surface area contributed by atoms with E-state index in [1.807, 2.05) is 30.3 Å². The number of nitro groups is 1. The Morgan fingerprint density at radius 1 is 1.15 bits per heavy atom. The lowest BCUT2D eigenvalue weighted by Crippen LogP contribution is -2.05. The van der Waals surface area contributed by atoms with Crippen molar-refractivity contribution < 1.29 is 17.9 Å². The smallest absolute Gasteiger partial charge is 0.293 e. The molecule has 0 radical (unpaired) electrons. The van der Waals surface area contributed by atoms with Crippen LogP contribution in [0.1, 0.15) is 5.69 Å². The maximum Gasteiger partial charge on any atom is 0.293 e. The molecule has 0 aliphatic heterocycles. The number of sulfone groups is 1. The molecule has 0 unspecified atom stereocenters. The van der Waals surface area contributed by atoms with Crippen molar-refractivity contribution in [1.82, 2.24) is 5.16 Å². The van der Waals surface area contributed by atoms with E-state index in [4.69, 9.17) is 4.52 Å². The number of aromatic nitrogens is 1. The first-order valence-corrected chi connectivity index (χ1v) is 9.47. The molecule has 26 heavy (non-hydrogen) atoms. The minimum atomic E-state index is -3.53. The summed E-state index contributed by atoms with van der Waals surface area (Å²) in [6, 6.07) is 14.9. The number of nitrogens with zero attached hydrogens (tertiary/aromatic N) is 2. The molecule has 0 spiro atoms. The summed E-state index contributed by atoms with van der Waals surface area (Å²) in [6.07, 6.45) is 1.000. The van der Waals surface area contributed by atoms with Crippen LogP contribution in [-0.2, 0) is 16.4 Å². The third kappa shape index (κ3) is 3.89. The minimum absolute atomic E-state index is 0.109. The Labute approximate surface area is 149 Å². The molecule has 0 fully saturated rings. The molecular formula is C17H15N3O5S. The Kier molecular flexibility index (Phi) is 4.72. The molecule has 3 rings (SSSR count). The summed E-state index contributed by atoms with van der Waals surface area (Å²) in [5.41, 5.74) is 1.31. The fourth-order valence-corrected chi connectivity index (χ4v) is 3.00. The maximum absolute atomic E-state index is 11.6. The van der Waals surface area contributed by atoms with Crippen molar-refractivity contribution in [3.05, 3.63) is 70.4 Å². The van der Waals surface area contributed by atoms with Crippen molar-refractivity contribution in [2.45, 2.75) is 11.4 Å². The van der Waals surface area contributed by atoms with Crippen LogP contribution in [0.25, 0.3) is 11.3 Å². The third-order valence-electron chi connectivity index (χ3n) is 3.67. The van der Waals surface area contributed by atoms with Crippen LogP contribution in [0.5, 0.6) is 0 Å². The summed E-state index contributed by atoms with van der Waals surface area (Å²) in [5.74, 6) is 0.587. The van der Waals surface area contributed by atoms with Gasteiger partial charge in [0.1, 0.15) is 11.4 Å². The van der Waals surface area contributed by atoms with Crippen LogP contribution < -0.4 is 5.32 Å². The lowest BCUT2D eigenvalue weighted by atomic mass is 10.1. The topological polar surface area (TPSA) is 115 Å². The quantitative estimate of drug-likeness (QED) is 0.521. The van der Waals surface area contributed by atoms with Crippen LogP contribution in [0.4, 0.5) is 11.4 Å². The summed E-state index contributed by atoms with van der Waals surface area (Å²) in [4.78, 5) is 10.5.